The van der Waals surface area contributed by atoms with Gasteiger partial charge in [0.1, 0.15) is 0 Å². The second-order valence-electron chi connectivity index (χ2n) is 5.62. The van der Waals surface area contributed by atoms with Crippen molar-refractivity contribution < 1.29 is 14.4 Å². The second kappa shape index (κ2) is 8.31. The number of nitrogens with one attached hydrogen (secondary N) is 2. The van der Waals surface area contributed by atoms with E-state index in [0.717, 1.165) is 18.5 Å². The number of benzene rings is 1. The lowest BCUT2D eigenvalue weighted by Gasteiger charge is -2.29. The van der Waals surface area contributed by atoms with Crippen LogP contribution >= 0.6 is 0 Å². The zero-order chi connectivity index (χ0) is 16.7. The largest absolute Gasteiger partial charge is 0.312 e. The third kappa shape index (κ3) is 4.81. The van der Waals surface area contributed by atoms with Crippen molar-refractivity contribution in [2.75, 3.05) is 11.4 Å². The van der Waals surface area contributed by atoms with E-state index in [1.165, 1.54) is 5.56 Å². The average Bonchev–Trinajstić information content (AvgIpc) is 2.57. The van der Waals surface area contributed by atoms with Gasteiger partial charge >= 0.3 is 0 Å². The van der Waals surface area contributed by atoms with E-state index in [-0.39, 0.29) is 30.6 Å². The van der Waals surface area contributed by atoms with Gasteiger partial charge in [0.15, 0.2) is 0 Å². The summed E-state index contributed by atoms with van der Waals surface area (Å²) in [6, 6.07) is 7.86. The number of rotatable bonds is 5. The van der Waals surface area contributed by atoms with E-state index in [9.17, 15) is 14.4 Å². The first-order chi connectivity index (χ1) is 11.1. The number of para-hydroxylation sites is 1. The van der Waals surface area contributed by atoms with E-state index in [4.69, 9.17) is 0 Å². The molecule has 0 radical (unpaired) electrons. The highest BCUT2D eigenvalue weighted by molar-refractivity contribution is 5.96. The molecule has 1 aromatic carbocycles. The Balaban J connectivity index is 1.81. The number of fused-ring (bicyclic) bond motifs is 1. The molecule has 23 heavy (non-hydrogen) atoms. The minimum absolute atomic E-state index is 0.0594. The number of aryl methyl sites for hydroxylation is 1. The van der Waals surface area contributed by atoms with Crippen molar-refractivity contribution in [1.82, 2.24) is 10.9 Å². The van der Waals surface area contributed by atoms with Crippen LogP contribution in [0.1, 0.15) is 44.6 Å². The predicted molar refractivity (Wildman–Crippen MR) is 87.5 cm³/mol. The zero-order valence-electron chi connectivity index (χ0n) is 13.4. The lowest BCUT2D eigenvalue weighted by atomic mass is 10.0. The van der Waals surface area contributed by atoms with Crippen molar-refractivity contribution in [3.8, 4) is 0 Å². The summed E-state index contributed by atoms with van der Waals surface area (Å²) in [5.41, 5.74) is 6.79. The number of hydrogen-bond acceptors (Lipinski definition) is 3. The Morgan fingerprint density at radius 3 is 2.48 bits per heavy atom. The van der Waals surface area contributed by atoms with Gasteiger partial charge in [0.05, 0.1) is 0 Å². The number of hydrazine groups is 1. The fraction of sp³-hybridized carbons (Fsp3) is 0.471. The standard InChI is InChI=1S/C17H23N3O3/c1-2-6-15(21)18-19-16(22)10-11-17(23)20-12-5-8-13-7-3-4-9-14(13)20/h3-4,7,9H,2,5-6,8,10-12H2,1H3,(H,18,21)(H,19,22). The van der Waals surface area contributed by atoms with Crippen LogP contribution in [0.15, 0.2) is 24.3 Å². The highest BCUT2D eigenvalue weighted by Gasteiger charge is 2.22. The van der Waals surface area contributed by atoms with E-state index in [2.05, 4.69) is 10.9 Å². The summed E-state index contributed by atoms with van der Waals surface area (Å²) in [4.78, 5) is 37.1. The quantitative estimate of drug-likeness (QED) is 0.811. The monoisotopic (exact) mass is 317 g/mol. The topological polar surface area (TPSA) is 78.5 Å². The highest BCUT2D eigenvalue weighted by atomic mass is 16.2. The van der Waals surface area contributed by atoms with Crippen LogP contribution in [0.3, 0.4) is 0 Å². The minimum atomic E-state index is -0.354. The maximum Gasteiger partial charge on any atom is 0.238 e. The van der Waals surface area contributed by atoms with Crippen molar-refractivity contribution in [3.63, 3.8) is 0 Å². The molecule has 0 atom stereocenters. The maximum absolute atomic E-state index is 12.4. The number of carbonyl (C=O) groups excluding carboxylic acids is 3. The molecule has 0 bridgehead atoms. The van der Waals surface area contributed by atoms with Crippen molar-refractivity contribution in [2.24, 2.45) is 0 Å². The molecule has 124 valence electrons. The summed E-state index contributed by atoms with van der Waals surface area (Å²) in [5, 5.41) is 0. The molecule has 6 heteroatoms. The Hall–Kier alpha value is -2.37. The number of anilines is 1. The third-order valence-electron chi connectivity index (χ3n) is 3.80. The first-order valence-corrected chi connectivity index (χ1v) is 8.07. The number of nitrogens with zero attached hydrogens (tertiary/aromatic N) is 1. The first-order valence-electron chi connectivity index (χ1n) is 8.07. The average molecular weight is 317 g/mol. The van der Waals surface area contributed by atoms with E-state index in [0.29, 0.717) is 19.4 Å². The summed E-state index contributed by atoms with van der Waals surface area (Å²) in [5.74, 6) is -0.641. The molecule has 6 nitrogen and oxygen atoms in total. The first kappa shape index (κ1) is 17.0. The van der Waals surface area contributed by atoms with Gasteiger partial charge < -0.3 is 4.90 Å². The summed E-state index contributed by atoms with van der Waals surface area (Å²) < 4.78 is 0. The molecule has 0 saturated carbocycles. The van der Waals surface area contributed by atoms with Crippen LogP contribution in [0.25, 0.3) is 0 Å². The molecule has 0 spiro atoms. The van der Waals surface area contributed by atoms with Crippen LogP contribution in [0.2, 0.25) is 0 Å². The number of carbonyl (C=O) groups is 3. The normalized spacial score (nSPS) is 13.2. The van der Waals surface area contributed by atoms with Gasteiger partial charge in [0, 0.05) is 31.5 Å². The third-order valence-corrected chi connectivity index (χ3v) is 3.80. The van der Waals surface area contributed by atoms with Gasteiger partial charge in [-0.3, -0.25) is 25.2 Å². The molecule has 0 fully saturated rings. The van der Waals surface area contributed by atoms with Gasteiger partial charge in [-0.1, -0.05) is 25.1 Å². The number of amides is 3. The Morgan fingerprint density at radius 1 is 1.04 bits per heavy atom. The van der Waals surface area contributed by atoms with Gasteiger partial charge in [-0.25, -0.2) is 0 Å². The highest BCUT2D eigenvalue weighted by Crippen LogP contribution is 2.27. The van der Waals surface area contributed by atoms with E-state index >= 15 is 0 Å². The molecule has 0 aromatic heterocycles. The van der Waals surface area contributed by atoms with Crippen LogP contribution < -0.4 is 15.8 Å². The van der Waals surface area contributed by atoms with Crippen LogP contribution in [0.4, 0.5) is 5.69 Å². The Bertz CT molecular complexity index is 586. The molecular weight excluding hydrogens is 294 g/mol. The molecular formula is C17H23N3O3. The van der Waals surface area contributed by atoms with Crippen molar-refractivity contribution in [2.45, 2.75) is 45.4 Å². The van der Waals surface area contributed by atoms with Crippen LogP contribution in [0, 0.1) is 0 Å². The molecule has 0 saturated heterocycles. The van der Waals surface area contributed by atoms with E-state index in [1.807, 2.05) is 31.2 Å². The molecule has 1 aliphatic heterocycles. The second-order valence-corrected chi connectivity index (χ2v) is 5.62. The van der Waals surface area contributed by atoms with E-state index in [1.54, 1.807) is 4.90 Å². The molecule has 0 unspecified atom stereocenters. The summed E-state index contributed by atoms with van der Waals surface area (Å²) >= 11 is 0. The van der Waals surface area contributed by atoms with Crippen molar-refractivity contribution >= 4 is 23.4 Å². The van der Waals surface area contributed by atoms with Crippen LogP contribution in [-0.2, 0) is 20.8 Å². The minimum Gasteiger partial charge on any atom is -0.312 e. The summed E-state index contributed by atoms with van der Waals surface area (Å²) in [6.07, 6.45) is 3.18. The Morgan fingerprint density at radius 2 is 1.74 bits per heavy atom. The fourth-order valence-corrected chi connectivity index (χ4v) is 2.64. The van der Waals surface area contributed by atoms with Gasteiger partial charge in [-0.15, -0.1) is 0 Å². The maximum atomic E-state index is 12.4. The molecule has 2 N–H and O–H groups in total. The summed E-state index contributed by atoms with van der Waals surface area (Å²) in [6.45, 7) is 2.57. The predicted octanol–water partition coefficient (Wildman–Crippen LogP) is 1.69. The van der Waals surface area contributed by atoms with Gasteiger partial charge in [-0.05, 0) is 30.9 Å². The zero-order valence-corrected chi connectivity index (χ0v) is 13.4. The van der Waals surface area contributed by atoms with Crippen molar-refractivity contribution in [3.05, 3.63) is 29.8 Å². The lowest BCUT2D eigenvalue weighted by Crippen LogP contribution is -2.42. The SMILES string of the molecule is CCCC(=O)NNC(=O)CCC(=O)N1CCCc2ccccc21. The Labute approximate surface area is 136 Å². The molecule has 1 aliphatic rings. The van der Waals surface area contributed by atoms with Gasteiger partial charge in [0.25, 0.3) is 0 Å². The van der Waals surface area contributed by atoms with Crippen LogP contribution in [-0.4, -0.2) is 24.3 Å². The molecule has 1 heterocycles. The van der Waals surface area contributed by atoms with Gasteiger partial charge in [-0.2, -0.15) is 0 Å². The fourth-order valence-electron chi connectivity index (χ4n) is 2.64. The molecule has 2 rings (SSSR count). The molecule has 3 amide bonds. The van der Waals surface area contributed by atoms with Crippen LogP contribution in [0.5, 0.6) is 0 Å². The number of hydrogen-bond donors (Lipinski definition) is 2. The van der Waals surface area contributed by atoms with E-state index < -0.39 is 0 Å². The molecule has 1 aromatic rings. The molecule has 0 aliphatic carbocycles. The Kier molecular flexibility index (Phi) is 6.14. The summed E-state index contributed by atoms with van der Waals surface area (Å²) in [7, 11) is 0. The van der Waals surface area contributed by atoms with Crippen molar-refractivity contribution in [1.29, 1.82) is 0 Å². The smallest absolute Gasteiger partial charge is 0.238 e. The van der Waals surface area contributed by atoms with Gasteiger partial charge in [0.2, 0.25) is 17.7 Å². The lowest BCUT2D eigenvalue weighted by molar-refractivity contribution is -0.129.